The molecular weight excluding hydrogens is 352 g/mol. The Morgan fingerprint density at radius 2 is 1.91 bits per heavy atom. The van der Waals surface area contributed by atoms with E-state index in [9.17, 15) is 26.0 Å². The second-order valence-electron chi connectivity index (χ2n) is 4.25. The van der Waals surface area contributed by atoms with Gasteiger partial charge in [0.25, 0.3) is 10.1 Å². The van der Waals surface area contributed by atoms with Crippen molar-refractivity contribution in [3.63, 3.8) is 0 Å². The van der Waals surface area contributed by atoms with Crippen molar-refractivity contribution in [3.8, 4) is 11.3 Å². The van der Waals surface area contributed by atoms with Crippen LogP contribution in [0.2, 0.25) is 5.02 Å². The van der Waals surface area contributed by atoms with Gasteiger partial charge in [-0.15, -0.1) is 0 Å². The molecule has 2 aromatic rings. The first-order valence-electron chi connectivity index (χ1n) is 5.50. The van der Waals surface area contributed by atoms with Crippen molar-refractivity contribution in [2.24, 2.45) is 7.05 Å². The predicted octanol–water partition coefficient (Wildman–Crippen LogP) is 3.15. The lowest BCUT2D eigenvalue weighted by Crippen LogP contribution is -2.06. The van der Waals surface area contributed by atoms with E-state index in [1.807, 2.05) is 0 Å². The van der Waals surface area contributed by atoms with E-state index in [0.29, 0.717) is 22.9 Å². The molecule has 0 aliphatic carbocycles. The number of aromatic nitrogens is 2. The van der Waals surface area contributed by atoms with E-state index < -0.39 is 43.3 Å². The number of alkyl halides is 3. The van der Waals surface area contributed by atoms with Crippen LogP contribution >= 0.6 is 11.6 Å². The second-order valence-corrected chi connectivity index (χ2v) is 6.01. The van der Waals surface area contributed by atoms with E-state index >= 15 is 0 Å². The summed E-state index contributed by atoms with van der Waals surface area (Å²) in [6.45, 7) is 0. The minimum absolute atomic E-state index is 0.389. The molecule has 0 saturated heterocycles. The number of rotatable bonds is 2. The zero-order valence-corrected chi connectivity index (χ0v) is 12.3. The molecule has 5 nitrogen and oxygen atoms in total. The Bertz CT molecular complexity index is 846. The van der Waals surface area contributed by atoms with Crippen molar-refractivity contribution in [3.05, 3.63) is 34.7 Å². The first-order valence-corrected chi connectivity index (χ1v) is 7.32. The summed E-state index contributed by atoms with van der Waals surface area (Å²) in [6, 6.07) is 1.90. The lowest BCUT2D eigenvalue weighted by Gasteiger charge is -2.09. The van der Waals surface area contributed by atoms with E-state index in [0.717, 1.165) is 7.05 Å². The van der Waals surface area contributed by atoms with Crippen molar-refractivity contribution >= 4 is 21.7 Å². The first kappa shape index (κ1) is 16.7. The Morgan fingerprint density at radius 1 is 1.32 bits per heavy atom. The van der Waals surface area contributed by atoms with Gasteiger partial charge in [0.2, 0.25) is 0 Å². The highest BCUT2D eigenvalue weighted by atomic mass is 35.5. The zero-order chi connectivity index (χ0) is 16.9. The Balaban J connectivity index is 2.76. The third-order valence-electron chi connectivity index (χ3n) is 2.76. The molecular formula is C11H7ClF4N2O3S. The van der Waals surface area contributed by atoms with Gasteiger partial charge in [-0.3, -0.25) is 9.23 Å². The largest absolute Gasteiger partial charge is 0.435 e. The molecule has 1 aromatic carbocycles. The third-order valence-corrected chi connectivity index (χ3v) is 4.16. The standard InChI is InChI=1S/C11H7ClF4N2O3S/c1-18-6(4-8(17-18)11(14,15)16)9-5(13)2-3-7(10(9)12)22(19,20)21/h2-4H,1H3,(H,19,20,21). The summed E-state index contributed by atoms with van der Waals surface area (Å²) >= 11 is 5.73. The Hall–Kier alpha value is -1.65. The molecule has 0 atom stereocenters. The lowest BCUT2D eigenvalue weighted by atomic mass is 10.1. The van der Waals surface area contributed by atoms with Gasteiger partial charge >= 0.3 is 6.18 Å². The number of hydrogen-bond donors (Lipinski definition) is 1. The highest BCUT2D eigenvalue weighted by Gasteiger charge is 2.35. The van der Waals surface area contributed by atoms with E-state index in [1.165, 1.54) is 0 Å². The molecule has 1 N–H and O–H groups in total. The molecule has 0 saturated carbocycles. The molecule has 0 unspecified atom stereocenters. The van der Waals surface area contributed by atoms with Crippen molar-refractivity contribution in [2.45, 2.75) is 11.1 Å². The lowest BCUT2D eigenvalue weighted by molar-refractivity contribution is -0.141. The van der Waals surface area contributed by atoms with Crippen molar-refractivity contribution < 1.29 is 30.5 Å². The highest BCUT2D eigenvalue weighted by Crippen LogP contribution is 2.38. The molecule has 11 heteroatoms. The molecule has 0 bridgehead atoms. The van der Waals surface area contributed by atoms with Crippen LogP contribution in [0.3, 0.4) is 0 Å². The fourth-order valence-corrected chi connectivity index (χ4v) is 2.92. The van der Waals surface area contributed by atoms with Crippen LogP contribution in [0.15, 0.2) is 23.1 Å². The van der Waals surface area contributed by atoms with Gasteiger partial charge in [0.15, 0.2) is 5.69 Å². The van der Waals surface area contributed by atoms with E-state index in [4.69, 9.17) is 16.2 Å². The van der Waals surface area contributed by atoms with Crippen LogP contribution in [0.5, 0.6) is 0 Å². The number of aryl methyl sites for hydroxylation is 1. The van der Waals surface area contributed by atoms with Crippen molar-refractivity contribution in [2.75, 3.05) is 0 Å². The monoisotopic (exact) mass is 358 g/mol. The van der Waals surface area contributed by atoms with Crippen LogP contribution < -0.4 is 0 Å². The molecule has 0 aliphatic rings. The fraction of sp³-hybridized carbons (Fsp3) is 0.182. The average Bonchev–Trinajstić information content (AvgIpc) is 2.69. The maximum Gasteiger partial charge on any atom is 0.435 e. The summed E-state index contributed by atoms with van der Waals surface area (Å²) in [7, 11) is -3.65. The minimum Gasteiger partial charge on any atom is -0.282 e. The van der Waals surface area contributed by atoms with Gasteiger partial charge in [-0.05, 0) is 18.2 Å². The van der Waals surface area contributed by atoms with Gasteiger partial charge in [-0.1, -0.05) is 11.6 Å². The molecule has 0 aliphatic heterocycles. The minimum atomic E-state index is -4.77. The van der Waals surface area contributed by atoms with E-state index in [-0.39, 0.29) is 5.69 Å². The van der Waals surface area contributed by atoms with Gasteiger partial charge in [-0.25, -0.2) is 4.39 Å². The third kappa shape index (κ3) is 2.94. The fourth-order valence-electron chi connectivity index (χ4n) is 1.81. The smallest absolute Gasteiger partial charge is 0.282 e. The first-order chi connectivity index (χ1) is 9.93. The Labute approximate surface area is 126 Å². The van der Waals surface area contributed by atoms with E-state index in [2.05, 4.69) is 5.10 Å². The maximum absolute atomic E-state index is 13.9. The molecule has 0 spiro atoms. The number of nitrogens with zero attached hydrogens (tertiary/aromatic N) is 2. The number of hydrogen-bond acceptors (Lipinski definition) is 3. The summed E-state index contributed by atoms with van der Waals surface area (Å²) in [5.74, 6) is -1.06. The summed E-state index contributed by atoms with van der Waals surface area (Å²) in [5.41, 5.74) is -2.29. The molecule has 120 valence electrons. The van der Waals surface area contributed by atoms with Crippen LogP contribution in [0.1, 0.15) is 5.69 Å². The summed E-state index contributed by atoms with van der Waals surface area (Å²) < 4.78 is 83.8. The summed E-state index contributed by atoms with van der Waals surface area (Å²) in [4.78, 5) is -0.819. The molecule has 22 heavy (non-hydrogen) atoms. The molecule has 0 radical (unpaired) electrons. The van der Waals surface area contributed by atoms with Crippen LogP contribution in [0, 0.1) is 5.82 Å². The van der Waals surface area contributed by atoms with Gasteiger partial charge in [0.05, 0.1) is 16.3 Å². The van der Waals surface area contributed by atoms with Gasteiger partial charge in [0.1, 0.15) is 10.7 Å². The maximum atomic E-state index is 13.9. The normalized spacial score (nSPS) is 12.7. The summed E-state index contributed by atoms with van der Waals surface area (Å²) in [6.07, 6.45) is -4.76. The quantitative estimate of drug-likeness (QED) is 0.661. The number of halogens is 5. The molecule has 1 heterocycles. The van der Waals surface area contributed by atoms with Gasteiger partial charge in [-0.2, -0.15) is 26.7 Å². The SMILES string of the molecule is Cn1nc(C(F)(F)F)cc1-c1c(F)ccc(S(=O)(=O)O)c1Cl. The van der Waals surface area contributed by atoms with Crippen molar-refractivity contribution in [1.29, 1.82) is 0 Å². The van der Waals surface area contributed by atoms with Crippen molar-refractivity contribution in [1.82, 2.24) is 9.78 Å². The van der Waals surface area contributed by atoms with Crippen LogP contribution in [-0.2, 0) is 23.3 Å². The topological polar surface area (TPSA) is 72.2 Å². The number of benzene rings is 1. The predicted molar refractivity (Wildman–Crippen MR) is 68.4 cm³/mol. The van der Waals surface area contributed by atoms with Crippen LogP contribution in [-0.4, -0.2) is 22.8 Å². The average molecular weight is 359 g/mol. The molecule has 1 aromatic heterocycles. The highest BCUT2D eigenvalue weighted by molar-refractivity contribution is 7.86. The second kappa shape index (κ2) is 5.21. The molecule has 0 amide bonds. The molecule has 0 fully saturated rings. The van der Waals surface area contributed by atoms with Crippen LogP contribution in [0.4, 0.5) is 17.6 Å². The Kier molecular flexibility index (Phi) is 3.96. The zero-order valence-electron chi connectivity index (χ0n) is 10.7. The van der Waals surface area contributed by atoms with Crippen LogP contribution in [0.25, 0.3) is 11.3 Å². The van der Waals surface area contributed by atoms with Gasteiger partial charge in [0, 0.05) is 7.05 Å². The van der Waals surface area contributed by atoms with E-state index in [1.54, 1.807) is 0 Å². The molecule has 2 rings (SSSR count). The Morgan fingerprint density at radius 3 is 2.36 bits per heavy atom. The van der Waals surface area contributed by atoms with Gasteiger partial charge < -0.3 is 0 Å². The summed E-state index contributed by atoms with van der Waals surface area (Å²) in [5, 5.41) is 2.45.